The molecule has 2 N–H and O–H groups in total. The fraction of sp³-hybridized carbons (Fsp3) is 1.00. The van der Waals surface area contributed by atoms with E-state index >= 15 is 0 Å². The molecule has 3 atom stereocenters. The summed E-state index contributed by atoms with van der Waals surface area (Å²) in [6.07, 6.45) is 2.57. The lowest BCUT2D eigenvalue weighted by molar-refractivity contribution is 0.0413. The second kappa shape index (κ2) is 4.60. The summed E-state index contributed by atoms with van der Waals surface area (Å²) in [5, 5.41) is 0. The molecule has 0 aromatic carbocycles. The normalized spacial score (nSPS) is 40.3. The van der Waals surface area contributed by atoms with Crippen LogP contribution in [0.2, 0.25) is 0 Å². The second-order valence-electron chi connectivity index (χ2n) is 4.94. The van der Waals surface area contributed by atoms with Crippen molar-refractivity contribution in [1.82, 2.24) is 4.90 Å². The number of hydrogen-bond acceptors (Lipinski definition) is 3. The number of ether oxygens (including phenoxy) is 1. The summed E-state index contributed by atoms with van der Waals surface area (Å²) < 4.78 is 5.49. The van der Waals surface area contributed by atoms with Crippen molar-refractivity contribution in [3.05, 3.63) is 0 Å². The predicted molar refractivity (Wildman–Crippen MR) is 57.1 cm³/mol. The molecule has 0 radical (unpaired) electrons. The van der Waals surface area contributed by atoms with Gasteiger partial charge in [0, 0.05) is 32.3 Å². The van der Waals surface area contributed by atoms with Gasteiger partial charge in [-0.05, 0) is 24.7 Å². The minimum Gasteiger partial charge on any atom is -0.381 e. The van der Waals surface area contributed by atoms with Crippen molar-refractivity contribution in [1.29, 1.82) is 0 Å². The van der Waals surface area contributed by atoms with E-state index in [1.54, 1.807) is 0 Å². The summed E-state index contributed by atoms with van der Waals surface area (Å²) in [5.41, 5.74) is 6.00. The number of rotatable bonds is 2. The lowest BCUT2D eigenvalue weighted by Crippen LogP contribution is -2.34. The smallest absolute Gasteiger partial charge is 0.0506 e. The molecule has 14 heavy (non-hydrogen) atoms. The zero-order valence-electron chi connectivity index (χ0n) is 9.11. The highest BCUT2D eigenvalue weighted by molar-refractivity contribution is 4.85. The molecule has 0 saturated carbocycles. The molecule has 3 unspecified atom stereocenters. The molecule has 2 aliphatic rings. The van der Waals surface area contributed by atoms with Gasteiger partial charge < -0.3 is 15.4 Å². The van der Waals surface area contributed by atoms with Crippen LogP contribution in [0.15, 0.2) is 0 Å². The average molecular weight is 198 g/mol. The van der Waals surface area contributed by atoms with Crippen LogP contribution in [0.4, 0.5) is 0 Å². The predicted octanol–water partition coefficient (Wildman–Crippen LogP) is 0.692. The molecule has 0 aliphatic carbocycles. The molecular formula is C11H22N2O. The second-order valence-corrected chi connectivity index (χ2v) is 4.94. The first-order valence-electron chi connectivity index (χ1n) is 5.81. The molecule has 3 nitrogen and oxygen atoms in total. The van der Waals surface area contributed by atoms with Crippen molar-refractivity contribution < 1.29 is 4.74 Å². The maximum Gasteiger partial charge on any atom is 0.0506 e. The van der Waals surface area contributed by atoms with Gasteiger partial charge in [0.2, 0.25) is 0 Å². The van der Waals surface area contributed by atoms with Crippen molar-refractivity contribution >= 4 is 0 Å². The lowest BCUT2D eigenvalue weighted by Gasteiger charge is -2.26. The molecule has 0 amide bonds. The van der Waals surface area contributed by atoms with Gasteiger partial charge in [-0.1, -0.05) is 6.92 Å². The summed E-state index contributed by atoms with van der Waals surface area (Å²) >= 11 is 0. The zero-order chi connectivity index (χ0) is 9.97. The van der Waals surface area contributed by atoms with Crippen molar-refractivity contribution in [3.63, 3.8) is 0 Å². The van der Waals surface area contributed by atoms with E-state index in [0.717, 1.165) is 25.7 Å². The first-order chi connectivity index (χ1) is 6.75. The quantitative estimate of drug-likeness (QED) is 0.709. The third kappa shape index (κ3) is 2.47. The van der Waals surface area contributed by atoms with Gasteiger partial charge in [0.25, 0.3) is 0 Å². The Balaban J connectivity index is 1.74. The van der Waals surface area contributed by atoms with E-state index < -0.39 is 0 Å². The Kier molecular flexibility index (Phi) is 3.42. The highest BCUT2D eigenvalue weighted by atomic mass is 16.5. The van der Waals surface area contributed by atoms with Crippen LogP contribution in [-0.2, 0) is 4.74 Å². The standard InChI is InChI=1S/C11H22N2O/c1-9-5-13(7-11(9)12)6-10-3-2-4-14-8-10/h9-11H,2-8,12H2,1H3. The molecule has 0 aromatic rings. The number of nitrogens with zero attached hydrogens (tertiary/aromatic N) is 1. The van der Waals surface area contributed by atoms with Crippen LogP contribution in [-0.4, -0.2) is 43.8 Å². The van der Waals surface area contributed by atoms with Crippen molar-refractivity contribution in [2.24, 2.45) is 17.6 Å². The van der Waals surface area contributed by atoms with Crippen LogP contribution in [0.25, 0.3) is 0 Å². The minimum atomic E-state index is 0.388. The molecule has 2 saturated heterocycles. The first-order valence-corrected chi connectivity index (χ1v) is 5.81. The van der Waals surface area contributed by atoms with Crippen LogP contribution in [0, 0.1) is 11.8 Å². The summed E-state index contributed by atoms with van der Waals surface area (Å²) in [7, 11) is 0. The van der Waals surface area contributed by atoms with E-state index in [9.17, 15) is 0 Å². The highest BCUT2D eigenvalue weighted by Gasteiger charge is 2.28. The zero-order valence-corrected chi connectivity index (χ0v) is 9.11. The van der Waals surface area contributed by atoms with Gasteiger partial charge >= 0.3 is 0 Å². The van der Waals surface area contributed by atoms with E-state index in [1.807, 2.05) is 0 Å². The topological polar surface area (TPSA) is 38.5 Å². The third-order valence-corrected chi connectivity index (χ3v) is 3.52. The molecule has 82 valence electrons. The lowest BCUT2D eigenvalue weighted by atomic mass is 10.0. The highest BCUT2D eigenvalue weighted by Crippen LogP contribution is 2.20. The number of nitrogens with two attached hydrogens (primary N) is 1. The van der Waals surface area contributed by atoms with Crippen LogP contribution in [0.3, 0.4) is 0 Å². The largest absolute Gasteiger partial charge is 0.381 e. The van der Waals surface area contributed by atoms with Gasteiger partial charge in [-0.2, -0.15) is 0 Å². The van der Waals surface area contributed by atoms with Crippen LogP contribution >= 0.6 is 0 Å². The Labute approximate surface area is 86.6 Å². The van der Waals surface area contributed by atoms with Crippen LogP contribution in [0.1, 0.15) is 19.8 Å². The molecule has 0 bridgehead atoms. The van der Waals surface area contributed by atoms with E-state index in [-0.39, 0.29) is 0 Å². The summed E-state index contributed by atoms with van der Waals surface area (Å²) in [6.45, 7) is 7.63. The Morgan fingerprint density at radius 3 is 2.86 bits per heavy atom. The Bertz CT molecular complexity index is 170. The molecule has 2 fully saturated rings. The molecule has 2 aliphatic heterocycles. The molecular weight excluding hydrogens is 176 g/mol. The van der Waals surface area contributed by atoms with E-state index in [2.05, 4.69) is 11.8 Å². The maximum absolute atomic E-state index is 6.00. The molecule has 3 heteroatoms. The Hall–Kier alpha value is -0.120. The Morgan fingerprint density at radius 2 is 2.29 bits per heavy atom. The number of likely N-dealkylation sites (tertiary alicyclic amines) is 1. The fourth-order valence-corrected chi connectivity index (χ4v) is 2.56. The number of hydrogen-bond donors (Lipinski definition) is 1. The van der Waals surface area contributed by atoms with E-state index in [4.69, 9.17) is 10.5 Å². The van der Waals surface area contributed by atoms with Gasteiger partial charge in [0.05, 0.1) is 6.61 Å². The third-order valence-electron chi connectivity index (χ3n) is 3.52. The average Bonchev–Trinajstić information content (AvgIpc) is 2.47. The van der Waals surface area contributed by atoms with Gasteiger partial charge in [0.15, 0.2) is 0 Å². The minimum absolute atomic E-state index is 0.388. The summed E-state index contributed by atoms with van der Waals surface area (Å²) in [5.74, 6) is 1.42. The summed E-state index contributed by atoms with van der Waals surface area (Å²) in [6, 6.07) is 0.388. The first kappa shape index (κ1) is 10.4. The van der Waals surface area contributed by atoms with Crippen LogP contribution < -0.4 is 5.73 Å². The van der Waals surface area contributed by atoms with Gasteiger partial charge in [0.1, 0.15) is 0 Å². The van der Waals surface area contributed by atoms with Gasteiger partial charge in [-0.15, -0.1) is 0 Å². The van der Waals surface area contributed by atoms with Crippen LogP contribution in [0.5, 0.6) is 0 Å². The molecule has 0 spiro atoms. The van der Waals surface area contributed by atoms with E-state index in [1.165, 1.54) is 25.9 Å². The molecule has 2 rings (SSSR count). The van der Waals surface area contributed by atoms with Gasteiger partial charge in [-0.3, -0.25) is 0 Å². The van der Waals surface area contributed by atoms with Gasteiger partial charge in [-0.25, -0.2) is 0 Å². The van der Waals surface area contributed by atoms with Crippen molar-refractivity contribution in [2.45, 2.75) is 25.8 Å². The Morgan fingerprint density at radius 1 is 1.43 bits per heavy atom. The maximum atomic E-state index is 6.00. The monoisotopic (exact) mass is 198 g/mol. The summed E-state index contributed by atoms with van der Waals surface area (Å²) in [4.78, 5) is 2.51. The molecule has 2 heterocycles. The van der Waals surface area contributed by atoms with Crippen molar-refractivity contribution in [3.8, 4) is 0 Å². The van der Waals surface area contributed by atoms with E-state index in [0.29, 0.717) is 12.0 Å². The molecule has 0 aromatic heterocycles. The SMILES string of the molecule is CC1CN(CC2CCCOC2)CC1N. The van der Waals surface area contributed by atoms with Crippen molar-refractivity contribution in [2.75, 3.05) is 32.8 Å². The fourth-order valence-electron chi connectivity index (χ4n) is 2.56.